The Labute approximate surface area is 139 Å². The lowest BCUT2D eigenvalue weighted by atomic mass is 10.2. The Morgan fingerprint density at radius 2 is 1.87 bits per heavy atom. The van der Waals surface area contributed by atoms with E-state index in [1.165, 1.54) is 12.1 Å². The standard InChI is InChI=1S/C15H15ClN2O4S/c16-12-2-1-3-13(8-12)22-10-15(19)18-9-11-4-6-14(7-5-11)23(17,20)21/h1-8H,9-10H2,(H,18,19)(H2,17,20,21). The summed E-state index contributed by atoms with van der Waals surface area (Å²) < 4.78 is 27.6. The predicted molar refractivity (Wildman–Crippen MR) is 86.6 cm³/mol. The van der Waals surface area contributed by atoms with Gasteiger partial charge in [0.05, 0.1) is 4.90 Å². The highest BCUT2D eigenvalue weighted by Gasteiger charge is 2.07. The van der Waals surface area contributed by atoms with Crippen LogP contribution in [0.4, 0.5) is 0 Å². The van der Waals surface area contributed by atoms with Crippen LogP contribution in [0.3, 0.4) is 0 Å². The van der Waals surface area contributed by atoms with E-state index < -0.39 is 10.0 Å². The molecule has 0 fully saturated rings. The number of sulfonamides is 1. The van der Waals surface area contributed by atoms with Crippen LogP contribution in [0.1, 0.15) is 5.56 Å². The van der Waals surface area contributed by atoms with Crippen LogP contribution in [0.2, 0.25) is 5.02 Å². The molecule has 23 heavy (non-hydrogen) atoms. The van der Waals surface area contributed by atoms with Gasteiger partial charge in [-0.15, -0.1) is 0 Å². The van der Waals surface area contributed by atoms with Gasteiger partial charge in [0.2, 0.25) is 10.0 Å². The maximum absolute atomic E-state index is 11.7. The SMILES string of the molecule is NS(=O)(=O)c1ccc(CNC(=O)COc2cccc(Cl)c2)cc1. The van der Waals surface area contributed by atoms with Crippen LogP contribution in [0, 0.1) is 0 Å². The fourth-order valence-corrected chi connectivity index (χ4v) is 2.45. The molecule has 2 aromatic rings. The lowest BCUT2D eigenvalue weighted by Gasteiger charge is -2.08. The highest BCUT2D eigenvalue weighted by Crippen LogP contribution is 2.16. The minimum Gasteiger partial charge on any atom is -0.484 e. The molecular weight excluding hydrogens is 340 g/mol. The number of nitrogens with one attached hydrogen (secondary N) is 1. The molecule has 1 amide bonds. The van der Waals surface area contributed by atoms with Crippen molar-refractivity contribution in [3.63, 3.8) is 0 Å². The molecule has 0 atom stereocenters. The van der Waals surface area contributed by atoms with Crippen molar-refractivity contribution >= 4 is 27.5 Å². The normalized spacial score (nSPS) is 11.0. The fourth-order valence-electron chi connectivity index (χ4n) is 1.75. The molecule has 2 aromatic carbocycles. The topological polar surface area (TPSA) is 98.5 Å². The third-order valence-corrected chi connectivity index (χ3v) is 4.07. The van der Waals surface area contributed by atoms with Gasteiger partial charge in [0, 0.05) is 11.6 Å². The molecule has 6 nitrogen and oxygen atoms in total. The summed E-state index contributed by atoms with van der Waals surface area (Å²) in [6.07, 6.45) is 0. The zero-order valence-electron chi connectivity index (χ0n) is 12.0. The first kappa shape index (κ1) is 17.3. The third-order valence-electron chi connectivity index (χ3n) is 2.91. The highest BCUT2D eigenvalue weighted by atomic mass is 35.5. The summed E-state index contributed by atoms with van der Waals surface area (Å²) in [7, 11) is -3.71. The quantitative estimate of drug-likeness (QED) is 0.824. The molecule has 3 N–H and O–H groups in total. The van der Waals surface area contributed by atoms with Crippen LogP contribution in [0.5, 0.6) is 5.75 Å². The predicted octanol–water partition coefficient (Wildman–Crippen LogP) is 1.68. The van der Waals surface area contributed by atoms with Gasteiger partial charge < -0.3 is 10.1 Å². The van der Waals surface area contributed by atoms with Crippen LogP contribution < -0.4 is 15.2 Å². The first-order chi connectivity index (χ1) is 10.8. The maximum atomic E-state index is 11.7. The molecule has 0 bridgehead atoms. The van der Waals surface area contributed by atoms with Gasteiger partial charge in [0.25, 0.3) is 5.91 Å². The van der Waals surface area contributed by atoms with Gasteiger partial charge in [-0.05, 0) is 35.9 Å². The van der Waals surface area contributed by atoms with E-state index in [1.54, 1.807) is 36.4 Å². The van der Waals surface area contributed by atoms with Gasteiger partial charge in [0.15, 0.2) is 6.61 Å². The summed E-state index contributed by atoms with van der Waals surface area (Å²) in [6, 6.07) is 12.7. The second-order valence-electron chi connectivity index (χ2n) is 4.71. The Morgan fingerprint density at radius 3 is 2.48 bits per heavy atom. The molecule has 0 spiro atoms. The molecule has 2 rings (SSSR count). The lowest BCUT2D eigenvalue weighted by Crippen LogP contribution is -2.28. The molecule has 0 aromatic heterocycles. The molecular formula is C15H15ClN2O4S. The summed E-state index contributed by atoms with van der Waals surface area (Å²) in [6.45, 7) is 0.109. The van der Waals surface area contributed by atoms with Crippen LogP contribution >= 0.6 is 11.6 Å². The number of nitrogens with two attached hydrogens (primary N) is 1. The molecule has 122 valence electrons. The van der Waals surface area contributed by atoms with Gasteiger partial charge in [-0.3, -0.25) is 4.79 Å². The number of carbonyl (C=O) groups is 1. The Hall–Kier alpha value is -2.09. The molecule has 0 unspecified atom stereocenters. The highest BCUT2D eigenvalue weighted by molar-refractivity contribution is 7.89. The van der Waals surface area contributed by atoms with Crippen LogP contribution in [-0.2, 0) is 21.4 Å². The second kappa shape index (κ2) is 7.45. The first-order valence-electron chi connectivity index (χ1n) is 6.61. The van der Waals surface area contributed by atoms with Gasteiger partial charge in [0.1, 0.15) is 5.75 Å². The van der Waals surface area contributed by atoms with Crippen LogP contribution in [0.25, 0.3) is 0 Å². The number of ether oxygens (including phenoxy) is 1. The van der Waals surface area contributed by atoms with Crippen molar-refractivity contribution < 1.29 is 17.9 Å². The zero-order chi connectivity index (χ0) is 16.9. The molecule has 0 radical (unpaired) electrons. The Kier molecular flexibility index (Phi) is 5.59. The van der Waals surface area contributed by atoms with E-state index in [9.17, 15) is 13.2 Å². The van der Waals surface area contributed by atoms with Crippen LogP contribution in [0.15, 0.2) is 53.4 Å². The lowest BCUT2D eigenvalue weighted by molar-refractivity contribution is -0.123. The summed E-state index contributed by atoms with van der Waals surface area (Å²) in [5.74, 6) is 0.200. The Morgan fingerprint density at radius 1 is 1.17 bits per heavy atom. The number of hydrogen-bond donors (Lipinski definition) is 2. The van der Waals surface area contributed by atoms with Gasteiger partial charge in [-0.2, -0.15) is 0 Å². The number of primary sulfonamides is 1. The molecule has 0 heterocycles. The monoisotopic (exact) mass is 354 g/mol. The zero-order valence-corrected chi connectivity index (χ0v) is 13.6. The van der Waals surface area contributed by atoms with E-state index >= 15 is 0 Å². The van der Waals surface area contributed by atoms with Crippen molar-refractivity contribution in [3.8, 4) is 5.75 Å². The largest absolute Gasteiger partial charge is 0.484 e. The number of benzene rings is 2. The second-order valence-corrected chi connectivity index (χ2v) is 6.71. The number of hydrogen-bond acceptors (Lipinski definition) is 4. The number of carbonyl (C=O) groups excluding carboxylic acids is 1. The Balaban J connectivity index is 1.82. The molecule has 0 aliphatic carbocycles. The van der Waals surface area contributed by atoms with E-state index in [-0.39, 0.29) is 24.0 Å². The van der Waals surface area contributed by atoms with Gasteiger partial charge in [-0.25, -0.2) is 13.6 Å². The van der Waals surface area contributed by atoms with Crippen molar-refractivity contribution in [2.24, 2.45) is 5.14 Å². The number of rotatable bonds is 6. The van der Waals surface area contributed by atoms with Crippen molar-refractivity contribution in [1.29, 1.82) is 0 Å². The third kappa shape index (κ3) is 5.55. The van der Waals surface area contributed by atoms with Gasteiger partial charge >= 0.3 is 0 Å². The van der Waals surface area contributed by atoms with E-state index in [4.69, 9.17) is 21.5 Å². The minimum atomic E-state index is -3.71. The van der Waals surface area contributed by atoms with E-state index in [0.717, 1.165) is 5.56 Å². The van der Waals surface area contributed by atoms with E-state index in [0.29, 0.717) is 10.8 Å². The van der Waals surface area contributed by atoms with E-state index in [1.807, 2.05) is 0 Å². The average molecular weight is 355 g/mol. The first-order valence-corrected chi connectivity index (χ1v) is 8.54. The summed E-state index contributed by atoms with van der Waals surface area (Å²) in [5, 5.41) is 8.20. The summed E-state index contributed by atoms with van der Waals surface area (Å²) in [4.78, 5) is 11.7. The van der Waals surface area contributed by atoms with Crippen LogP contribution in [-0.4, -0.2) is 20.9 Å². The summed E-state index contributed by atoms with van der Waals surface area (Å²) in [5.41, 5.74) is 0.744. The van der Waals surface area contributed by atoms with Gasteiger partial charge in [-0.1, -0.05) is 29.8 Å². The molecule has 0 saturated heterocycles. The average Bonchev–Trinajstić information content (AvgIpc) is 2.50. The minimum absolute atomic E-state index is 0.0249. The Bertz CT molecular complexity index is 791. The fraction of sp³-hybridized carbons (Fsp3) is 0.133. The molecule has 0 aliphatic heterocycles. The van der Waals surface area contributed by atoms with Crippen molar-refractivity contribution in [2.45, 2.75) is 11.4 Å². The number of amides is 1. The van der Waals surface area contributed by atoms with Crippen molar-refractivity contribution in [2.75, 3.05) is 6.61 Å². The molecule has 0 saturated carbocycles. The van der Waals surface area contributed by atoms with E-state index in [2.05, 4.69) is 5.32 Å². The number of halogens is 1. The van der Waals surface area contributed by atoms with Crippen molar-refractivity contribution in [3.05, 3.63) is 59.1 Å². The molecule has 0 aliphatic rings. The summed E-state index contributed by atoms with van der Waals surface area (Å²) >= 11 is 5.81. The molecule has 8 heteroatoms. The smallest absolute Gasteiger partial charge is 0.258 e. The maximum Gasteiger partial charge on any atom is 0.258 e. The van der Waals surface area contributed by atoms with Crippen molar-refractivity contribution in [1.82, 2.24) is 5.32 Å².